The van der Waals surface area contributed by atoms with Gasteiger partial charge in [0.15, 0.2) is 9.84 Å². The largest absolute Gasteiger partial charge is 0.325 e. The standard InChI is InChI=1S/C15H23NO3S/c1-5-10-20(18,19)11-14(17)16-13-8-6-12(7-9-13)15(2,3)4/h6-9H,5,10-11H2,1-4H3,(H,16,17). The minimum Gasteiger partial charge on any atom is -0.325 e. The van der Waals surface area contributed by atoms with Gasteiger partial charge >= 0.3 is 0 Å². The molecular weight excluding hydrogens is 274 g/mol. The van der Waals surface area contributed by atoms with E-state index in [1.54, 1.807) is 19.1 Å². The molecule has 0 atom stereocenters. The summed E-state index contributed by atoms with van der Waals surface area (Å²) >= 11 is 0. The summed E-state index contributed by atoms with van der Waals surface area (Å²) in [5.41, 5.74) is 1.83. The normalized spacial score (nSPS) is 12.2. The van der Waals surface area contributed by atoms with E-state index < -0.39 is 21.5 Å². The first-order valence-electron chi connectivity index (χ1n) is 6.75. The maximum atomic E-state index is 11.7. The van der Waals surface area contributed by atoms with Crippen LogP contribution >= 0.6 is 0 Å². The van der Waals surface area contributed by atoms with E-state index in [1.165, 1.54) is 0 Å². The SMILES string of the molecule is CCCS(=O)(=O)CC(=O)Nc1ccc(C(C)(C)C)cc1. The van der Waals surface area contributed by atoms with Crippen molar-refractivity contribution >= 4 is 21.4 Å². The molecule has 1 N–H and O–H groups in total. The lowest BCUT2D eigenvalue weighted by molar-refractivity contribution is -0.113. The maximum Gasteiger partial charge on any atom is 0.239 e. The summed E-state index contributed by atoms with van der Waals surface area (Å²) in [6.07, 6.45) is 0.524. The molecule has 0 fully saturated rings. The van der Waals surface area contributed by atoms with Gasteiger partial charge in [-0.1, -0.05) is 39.8 Å². The van der Waals surface area contributed by atoms with Gasteiger partial charge in [0.25, 0.3) is 0 Å². The van der Waals surface area contributed by atoms with Crippen LogP contribution in [0, 0.1) is 0 Å². The van der Waals surface area contributed by atoms with Crippen LogP contribution in [0.5, 0.6) is 0 Å². The van der Waals surface area contributed by atoms with Gasteiger partial charge in [-0.2, -0.15) is 0 Å². The Kier molecular flexibility index (Phi) is 5.34. The number of carbonyl (C=O) groups excluding carboxylic acids is 1. The number of nitrogens with one attached hydrogen (secondary N) is 1. The second-order valence-corrected chi connectivity index (χ2v) is 8.15. The summed E-state index contributed by atoms with van der Waals surface area (Å²) in [5.74, 6) is -0.896. The molecule has 0 radical (unpaired) electrons. The first-order chi connectivity index (χ1) is 9.14. The Labute approximate surface area is 121 Å². The summed E-state index contributed by atoms with van der Waals surface area (Å²) in [4.78, 5) is 11.7. The highest BCUT2D eigenvalue weighted by molar-refractivity contribution is 7.92. The van der Waals surface area contributed by atoms with Crippen LogP contribution in [0.3, 0.4) is 0 Å². The quantitative estimate of drug-likeness (QED) is 0.909. The molecule has 20 heavy (non-hydrogen) atoms. The first kappa shape index (κ1) is 16.7. The Hall–Kier alpha value is -1.36. The topological polar surface area (TPSA) is 63.2 Å². The van der Waals surface area contributed by atoms with Gasteiger partial charge in [0.2, 0.25) is 5.91 Å². The molecule has 0 saturated carbocycles. The molecule has 5 heteroatoms. The van der Waals surface area contributed by atoms with E-state index in [1.807, 2.05) is 12.1 Å². The van der Waals surface area contributed by atoms with E-state index in [0.717, 1.165) is 5.56 Å². The number of hydrogen-bond acceptors (Lipinski definition) is 3. The molecule has 0 aliphatic rings. The molecule has 112 valence electrons. The van der Waals surface area contributed by atoms with Crippen LogP contribution in [0.4, 0.5) is 5.69 Å². The second-order valence-electron chi connectivity index (χ2n) is 5.97. The molecule has 0 heterocycles. The zero-order valence-electron chi connectivity index (χ0n) is 12.6. The van der Waals surface area contributed by atoms with Crippen molar-refractivity contribution in [3.8, 4) is 0 Å². The monoisotopic (exact) mass is 297 g/mol. The lowest BCUT2D eigenvalue weighted by atomic mass is 9.87. The number of sulfone groups is 1. The summed E-state index contributed by atoms with van der Waals surface area (Å²) in [5, 5.41) is 2.62. The van der Waals surface area contributed by atoms with Gasteiger partial charge in [-0.15, -0.1) is 0 Å². The van der Waals surface area contributed by atoms with Gasteiger partial charge in [-0.05, 0) is 29.5 Å². The molecule has 0 unspecified atom stereocenters. The molecule has 1 aromatic carbocycles. The van der Waals surface area contributed by atoms with Gasteiger partial charge in [-0.25, -0.2) is 8.42 Å². The minimum atomic E-state index is -3.29. The van der Waals surface area contributed by atoms with Crippen LogP contribution < -0.4 is 5.32 Å². The molecule has 0 aliphatic carbocycles. The average Bonchev–Trinajstić information content (AvgIpc) is 2.27. The van der Waals surface area contributed by atoms with Gasteiger partial charge in [-0.3, -0.25) is 4.79 Å². The van der Waals surface area contributed by atoms with Crippen LogP contribution in [0.25, 0.3) is 0 Å². The molecule has 4 nitrogen and oxygen atoms in total. The van der Waals surface area contributed by atoms with Crippen molar-refractivity contribution in [2.75, 3.05) is 16.8 Å². The lowest BCUT2D eigenvalue weighted by Gasteiger charge is -2.19. The molecule has 0 aromatic heterocycles. The maximum absolute atomic E-state index is 11.7. The van der Waals surface area contributed by atoms with E-state index in [-0.39, 0.29) is 11.2 Å². The molecule has 1 amide bonds. The Balaban J connectivity index is 2.68. The molecular formula is C15H23NO3S. The Morgan fingerprint density at radius 2 is 1.70 bits per heavy atom. The van der Waals surface area contributed by atoms with Crippen molar-refractivity contribution in [3.63, 3.8) is 0 Å². The third kappa shape index (κ3) is 5.33. The summed E-state index contributed by atoms with van der Waals surface area (Å²) in [6, 6.07) is 7.47. The average molecular weight is 297 g/mol. The molecule has 0 aliphatic heterocycles. The summed E-state index contributed by atoms with van der Waals surface area (Å²) < 4.78 is 23.1. The number of benzene rings is 1. The van der Waals surface area contributed by atoms with Gasteiger partial charge in [0, 0.05) is 5.69 Å². The molecule has 0 bridgehead atoms. The van der Waals surface area contributed by atoms with Crippen molar-refractivity contribution in [2.45, 2.75) is 39.5 Å². The Bertz CT molecular complexity index is 554. The van der Waals surface area contributed by atoms with E-state index in [0.29, 0.717) is 12.1 Å². The number of anilines is 1. The summed E-state index contributed by atoms with van der Waals surface area (Å²) in [7, 11) is -3.29. The van der Waals surface area contributed by atoms with E-state index >= 15 is 0 Å². The minimum absolute atomic E-state index is 0.0450. The molecule has 0 saturated heterocycles. The highest BCUT2D eigenvalue weighted by Gasteiger charge is 2.16. The van der Waals surface area contributed by atoms with Crippen molar-refractivity contribution in [1.82, 2.24) is 0 Å². The van der Waals surface area contributed by atoms with Crippen LogP contribution in [0.15, 0.2) is 24.3 Å². The predicted octanol–water partition coefficient (Wildman–Crippen LogP) is 2.75. The second kappa shape index (κ2) is 6.39. The number of hydrogen-bond donors (Lipinski definition) is 1. The van der Waals surface area contributed by atoms with Crippen LogP contribution in [-0.4, -0.2) is 25.8 Å². The molecule has 1 rings (SSSR count). The fraction of sp³-hybridized carbons (Fsp3) is 0.533. The van der Waals surface area contributed by atoms with Crippen LogP contribution in [-0.2, 0) is 20.0 Å². The van der Waals surface area contributed by atoms with Gasteiger partial charge in [0.05, 0.1) is 5.75 Å². The zero-order chi connectivity index (χ0) is 15.4. The predicted molar refractivity (Wildman–Crippen MR) is 82.7 cm³/mol. The van der Waals surface area contributed by atoms with Crippen molar-refractivity contribution in [3.05, 3.63) is 29.8 Å². The third-order valence-corrected chi connectivity index (χ3v) is 4.63. The zero-order valence-corrected chi connectivity index (χ0v) is 13.4. The summed E-state index contributed by atoms with van der Waals surface area (Å²) in [6.45, 7) is 8.11. The highest BCUT2D eigenvalue weighted by Crippen LogP contribution is 2.23. The fourth-order valence-electron chi connectivity index (χ4n) is 1.83. The van der Waals surface area contributed by atoms with Crippen LogP contribution in [0.2, 0.25) is 0 Å². The molecule has 1 aromatic rings. The molecule has 0 spiro atoms. The fourth-order valence-corrected chi connectivity index (χ4v) is 3.07. The number of rotatable bonds is 5. The number of carbonyl (C=O) groups is 1. The van der Waals surface area contributed by atoms with E-state index in [2.05, 4.69) is 26.1 Å². The van der Waals surface area contributed by atoms with Crippen molar-refractivity contribution in [2.24, 2.45) is 0 Å². The lowest BCUT2D eigenvalue weighted by Crippen LogP contribution is -2.24. The van der Waals surface area contributed by atoms with Crippen molar-refractivity contribution < 1.29 is 13.2 Å². The van der Waals surface area contributed by atoms with Crippen molar-refractivity contribution in [1.29, 1.82) is 0 Å². The van der Waals surface area contributed by atoms with E-state index in [4.69, 9.17) is 0 Å². The van der Waals surface area contributed by atoms with Crippen LogP contribution in [0.1, 0.15) is 39.7 Å². The van der Waals surface area contributed by atoms with E-state index in [9.17, 15) is 13.2 Å². The first-order valence-corrected chi connectivity index (χ1v) is 8.57. The van der Waals surface area contributed by atoms with Gasteiger partial charge in [0.1, 0.15) is 5.75 Å². The van der Waals surface area contributed by atoms with Gasteiger partial charge < -0.3 is 5.32 Å². The third-order valence-electron chi connectivity index (χ3n) is 2.90. The smallest absolute Gasteiger partial charge is 0.239 e. The Morgan fingerprint density at radius 3 is 2.15 bits per heavy atom. The highest BCUT2D eigenvalue weighted by atomic mass is 32.2. The Morgan fingerprint density at radius 1 is 1.15 bits per heavy atom. The number of amides is 1.